The molecule has 4 aromatic rings. The first-order valence-electron chi connectivity index (χ1n) is 9.89. The minimum atomic E-state index is -2.61. The molecule has 5 heteroatoms. The Hall–Kier alpha value is -3.10. The van der Waals surface area contributed by atoms with Gasteiger partial charge in [0.05, 0.1) is 5.69 Å². The van der Waals surface area contributed by atoms with Crippen molar-refractivity contribution >= 4 is 29.0 Å². The van der Waals surface area contributed by atoms with Gasteiger partial charge in [0, 0.05) is 7.05 Å². The molecule has 0 amide bonds. The summed E-state index contributed by atoms with van der Waals surface area (Å²) in [5, 5.41) is 2.65. The first-order chi connectivity index (χ1) is 14.9. The van der Waals surface area contributed by atoms with Crippen LogP contribution in [0.3, 0.4) is 0 Å². The second kappa shape index (κ2) is 8.56. The van der Waals surface area contributed by atoms with Crippen LogP contribution in [-0.4, -0.2) is 7.05 Å². The van der Waals surface area contributed by atoms with Gasteiger partial charge in [-0.05, 0) is 91.9 Å². The van der Waals surface area contributed by atoms with E-state index in [-0.39, 0.29) is 17.5 Å². The molecule has 0 saturated carbocycles. The highest BCUT2D eigenvalue weighted by atomic mass is 31.2. The molecule has 0 fully saturated rings. The fourth-order valence-corrected chi connectivity index (χ4v) is 8.03. The van der Waals surface area contributed by atoms with Gasteiger partial charge in [0.2, 0.25) is 7.41 Å². The summed E-state index contributed by atoms with van der Waals surface area (Å²) in [5.41, 5.74) is 2.09. The zero-order valence-electron chi connectivity index (χ0n) is 17.3. The van der Waals surface area contributed by atoms with Crippen LogP contribution in [0.25, 0.3) is 0 Å². The van der Waals surface area contributed by atoms with Crippen LogP contribution < -0.4 is 20.6 Å². The van der Waals surface area contributed by atoms with E-state index >= 15 is 0 Å². The highest BCUT2D eigenvalue weighted by Crippen LogP contribution is 2.59. The molecular weight excluding hydrogens is 414 g/mol. The Kier molecular flexibility index (Phi) is 5.84. The molecule has 1 nitrogen and oxygen atoms in total. The van der Waals surface area contributed by atoms with E-state index < -0.39 is 7.41 Å². The number of benzene rings is 4. The molecule has 0 radical (unpaired) electrons. The molecule has 4 aromatic carbocycles. The number of rotatable bonds is 5. The summed E-state index contributed by atoms with van der Waals surface area (Å²) < 4.78 is 43.7. The van der Waals surface area contributed by atoms with Crippen molar-refractivity contribution in [2.45, 2.75) is 6.92 Å². The van der Waals surface area contributed by atoms with Crippen LogP contribution in [0, 0.1) is 24.4 Å². The number of hydrogen-bond acceptors (Lipinski definition) is 1. The maximum Gasteiger partial charge on any atom is 0.202 e. The molecule has 0 bridgehead atoms. The third-order valence-electron chi connectivity index (χ3n) is 5.46. The molecule has 0 atom stereocenters. The predicted octanol–water partition coefficient (Wildman–Crippen LogP) is 5.76. The quantitative estimate of drug-likeness (QED) is 0.360. The lowest BCUT2D eigenvalue weighted by atomic mass is 10.2. The number of halogens is 3. The van der Waals surface area contributed by atoms with Crippen LogP contribution in [0.4, 0.5) is 18.9 Å². The van der Waals surface area contributed by atoms with Crippen molar-refractivity contribution in [3.05, 3.63) is 120 Å². The molecular formula is C26H22F3NP+. The number of hydrogen-bond donors (Lipinski definition) is 0. The summed E-state index contributed by atoms with van der Waals surface area (Å²) in [5.74, 6) is -1.01. The topological polar surface area (TPSA) is 3.24 Å². The molecule has 0 N–H and O–H groups in total. The van der Waals surface area contributed by atoms with E-state index in [9.17, 15) is 13.2 Å². The van der Waals surface area contributed by atoms with Crippen molar-refractivity contribution in [2.24, 2.45) is 0 Å². The molecule has 0 saturated heterocycles. The lowest BCUT2D eigenvalue weighted by Crippen LogP contribution is -2.42. The Morgan fingerprint density at radius 2 is 0.839 bits per heavy atom. The fraction of sp³-hybridized carbons (Fsp3) is 0.0769. The Labute approximate surface area is 181 Å². The van der Waals surface area contributed by atoms with Gasteiger partial charge in [-0.2, -0.15) is 0 Å². The Morgan fingerprint density at radius 1 is 0.516 bits per heavy atom. The molecule has 0 heterocycles. The number of anilines is 1. The lowest BCUT2D eigenvalue weighted by molar-refractivity contribution is 0.628. The summed E-state index contributed by atoms with van der Waals surface area (Å²) >= 11 is 0. The van der Waals surface area contributed by atoms with Gasteiger partial charge in [0.15, 0.2) is 0 Å². The van der Waals surface area contributed by atoms with Gasteiger partial charge in [-0.25, -0.2) is 17.8 Å². The maximum absolute atomic E-state index is 13.9. The van der Waals surface area contributed by atoms with E-state index in [1.54, 1.807) is 36.4 Å². The molecule has 31 heavy (non-hydrogen) atoms. The smallest absolute Gasteiger partial charge is 0.202 e. The first-order valence-corrected chi connectivity index (χ1v) is 11.6. The monoisotopic (exact) mass is 436 g/mol. The maximum atomic E-state index is 13.9. The van der Waals surface area contributed by atoms with Gasteiger partial charge >= 0.3 is 0 Å². The summed E-state index contributed by atoms with van der Waals surface area (Å²) in [6, 6.07) is 27.3. The Balaban J connectivity index is 2.06. The van der Waals surface area contributed by atoms with Crippen molar-refractivity contribution in [2.75, 3.05) is 11.7 Å². The molecule has 0 spiro atoms. The highest BCUT2D eigenvalue weighted by Gasteiger charge is 2.50. The van der Waals surface area contributed by atoms with Crippen molar-refractivity contribution in [3.8, 4) is 0 Å². The van der Waals surface area contributed by atoms with E-state index in [1.807, 2.05) is 38.2 Å². The van der Waals surface area contributed by atoms with Crippen LogP contribution >= 0.6 is 7.41 Å². The second-order valence-corrected chi connectivity index (χ2v) is 10.8. The van der Waals surface area contributed by atoms with Gasteiger partial charge in [-0.1, -0.05) is 17.7 Å². The van der Waals surface area contributed by atoms with Crippen molar-refractivity contribution in [3.63, 3.8) is 0 Å². The molecule has 0 unspecified atom stereocenters. The molecule has 0 aromatic heterocycles. The van der Waals surface area contributed by atoms with Crippen LogP contribution in [0.2, 0.25) is 0 Å². The highest BCUT2D eigenvalue weighted by molar-refractivity contribution is 7.96. The first kappa shape index (κ1) is 21.1. The zero-order chi connectivity index (χ0) is 22.0. The third kappa shape index (κ3) is 3.96. The molecule has 0 aliphatic carbocycles. The second-order valence-electron chi connectivity index (χ2n) is 7.42. The van der Waals surface area contributed by atoms with E-state index in [2.05, 4.69) is 4.67 Å². The lowest BCUT2D eigenvalue weighted by Gasteiger charge is -2.35. The zero-order valence-corrected chi connectivity index (χ0v) is 18.2. The third-order valence-corrected chi connectivity index (χ3v) is 9.73. The van der Waals surface area contributed by atoms with Gasteiger partial charge in [0.25, 0.3) is 0 Å². The van der Waals surface area contributed by atoms with Crippen molar-refractivity contribution < 1.29 is 13.2 Å². The summed E-state index contributed by atoms with van der Waals surface area (Å²) in [6.45, 7) is 2.02. The van der Waals surface area contributed by atoms with Crippen LogP contribution in [0.5, 0.6) is 0 Å². The minimum absolute atomic E-state index is 0.335. The average Bonchev–Trinajstić information content (AvgIpc) is 2.78. The average molecular weight is 436 g/mol. The van der Waals surface area contributed by atoms with E-state index in [4.69, 9.17) is 0 Å². The Morgan fingerprint density at radius 3 is 1.16 bits per heavy atom. The van der Waals surface area contributed by atoms with Gasteiger partial charge in [0.1, 0.15) is 33.4 Å². The fourth-order valence-electron chi connectivity index (χ4n) is 3.87. The molecule has 156 valence electrons. The SMILES string of the molecule is Cc1ccc(N(C)[P+](c2ccc(F)cc2)(c2ccc(F)cc2)c2ccc(F)cc2)cc1. The van der Waals surface area contributed by atoms with Crippen LogP contribution in [0.1, 0.15) is 5.56 Å². The Bertz CT molecular complexity index is 1040. The van der Waals surface area contributed by atoms with Crippen molar-refractivity contribution in [1.82, 2.24) is 0 Å². The van der Waals surface area contributed by atoms with Crippen LogP contribution in [0.15, 0.2) is 97.1 Å². The van der Waals surface area contributed by atoms with Crippen molar-refractivity contribution in [1.29, 1.82) is 0 Å². The normalized spacial score (nSPS) is 11.4. The predicted molar refractivity (Wildman–Crippen MR) is 125 cm³/mol. The number of aryl methyl sites for hydroxylation is 1. The minimum Gasteiger partial charge on any atom is -0.237 e. The van der Waals surface area contributed by atoms with E-state index in [1.165, 1.54) is 36.4 Å². The summed E-state index contributed by atoms with van der Waals surface area (Å²) in [4.78, 5) is 0. The van der Waals surface area contributed by atoms with Gasteiger partial charge < -0.3 is 0 Å². The summed E-state index contributed by atoms with van der Waals surface area (Å²) in [7, 11) is -0.627. The molecule has 0 aliphatic rings. The summed E-state index contributed by atoms with van der Waals surface area (Å²) in [6.07, 6.45) is 0. The molecule has 4 rings (SSSR count). The van der Waals surface area contributed by atoms with Crippen LogP contribution in [-0.2, 0) is 0 Å². The van der Waals surface area contributed by atoms with Gasteiger partial charge in [-0.3, -0.25) is 0 Å². The van der Waals surface area contributed by atoms with E-state index in [0.717, 1.165) is 27.2 Å². The van der Waals surface area contributed by atoms with Gasteiger partial charge in [-0.15, -0.1) is 0 Å². The largest absolute Gasteiger partial charge is 0.237 e. The molecule has 0 aliphatic heterocycles. The number of nitrogens with zero attached hydrogens (tertiary/aromatic N) is 1. The standard InChI is InChI=1S/C26H22F3NP/c1-19-3-11-23(12-4-19)30(2)31(24-13-5-20(27)6-14-24,25-15-7-21(28)8-16-25)26-17-9-22(29)10-18-26/h3-18H,1-2H3/q+1. The van der Waals surface area contributed by atoms with E-state index in [0.29, 0.717) is 0 Å².